The Morgan fingerprint density at radius 1 is 1.38 bits per heavy atom. The fourth-order valence-electron chi connectivity index (χ4n) is 1.70. The molecule has 0 aliphatic rings. The van der Waals surface area contributed by atoms with Crippen LogP contribution in [0.5, 0.6) is 0 Å². The molecular weight excluding hydrogens is 288 g/mol. The van der Waals surface area contributed by atoms with Crippen molar-refractivity contribution in [2.45, 2.75) is 18.9 Å². The van der Waals surface area contributed by atoms with E-state index in [9.17, 15) is 8.42 Å². The Morgan fingerprint density at radius 3 is 2.76 bits per heavy atom. The maximum absolute atomic E-state index is 12.3. The molecule has 2 rings (SSSR count). The minimum absolute atomic E-state index is 0.0258. The zero-order valence-corrected chi connectivity index (χ0v) is 12.6. The van der Waals surface area contributed by atoms with E-state index >= 15 is 0 Å². The molecule has 0 unspecified atom stereocenters. The van der Waals surface area contributed by atoms with E-state index in [4.69, 9.17) is 5.73 Å². The molecule has 4 N–H and O–H groups in total. The van der Waals surface area contributed by atoms with Crippen LogP contribution in [0.25, 0.3) is 0 Å². The van der Waals surface area contributed by atoms with E-state index in [1.54, 1.807) is 19.1 Å². The summed E-state index contributed by atoms with van der Waals surface area (Å²) in [6, 6.07) is 5.30. The number of hydrogen-bond donors (Lipinski definition) is 3. The van der Waals surface area contributed by atoms with Crippen LogP contribution in [0.4, 0.5) is 5.69 Å². The topological polar surface area (TPSA) is 101 Å². The molecule has 0 atom stereocenters. The molecular formula is C14H16N4O2S. The van der Waals surface area contributed by atoms with Crippen molar-refractivity contribution in [3.63, 3.8) is 0 Å². The molecule has 0 radical (unpaired) electrons. The summed E-state index contributed by atoms with van der Waals surface area (Å²) in [5.41, 5.74) is 7.30. The predicted octanol–water partition coefficient (Wildman–Crippen LogP) is 1.14. The quantitative estimate of drug-likeness (QED) is 0.740. The van der Waals surface area contributed by atoms with Crippen LogP contribution in [0.3, 0.4) is 0 Å². The molecule has 2 aromatic rings. The van der Waals surface area contributed by atoms with Gasteiger partial charge in [-0.25, -0.2) is 4.98 Å². The average molecular weight is 304 g/mol. The molecule has 0 spiro atoms. The number of aryl methyl sites for hydroxylation is 2. The SMILES string of the molecule is Cc1ncc(S(=O)(=O)Nc2cc(C#CCN)ccc2C)[nH]1. The number of nitrogens with zero attached hydrogens (tertiary/aromatic N) is 1. The largest absolute Gasteiger partial charge is 0.332 e. The maximum Gasteiger partial charge on any atom is 0.278 e. The summed E-state index contributed by atoms with van der Waals surface area (Å²) >= 11 is 0. The number of anilines is 1. The van der Waals surface area contributed by atoms with Gasteiger partial charge in [-0.05, 0) is 31.5 Å². The average Bonchev–Trinajstić information content (AvgIpc) is 2.87. The first-order valence-corrected chi connectivity index (χ1v) is 7.75. The first kappa shape index (κ1) is 15.1. The zero-order chi connectivity index (χ0) is 15.5. The third kappa shape index (κ3) is 3.62. The summed E-state index contributed by atoms with van der Waals surface area (Å²) in [5, 5.41) is 0.0258. The van der Waals surface area contributed by atoms with E-state index in [0.29, 0.717) is 17.1 Å². The van der Waals surface area contributed by atoms with Crippen molar-refractivity contribution in [1.29, 1.82) is 0 Å². The first-order valence-electron chi connectivity index (χ1n) is 6.26. The molecule has 0 aliphatic carbocycles. The van der Waals surface area contributed by atoms with E-state index in [-0.39, 0.29) is 11.6 Å². The van der Waals surface area contributed by atoms with Crippen molar-refractivity contribution in [2.75, 3.05) is 11.3 Å². The van der Waals surface area contributed by atoms with Crippen LogP contribution in [0.2, 0.25) is 0 Å². The lowest BCUT2D eigenvalue weighted by molar-refractivity contribution is 0.598. The highest BCUT2D eigenvalue weighted by atomic mass is 32.2. The summed E-state index contributed by atoms with van der Waals surface area (Å²) < 4.78 is 27.0. The van der Waals surface area contributed by atoms with Crippen molar-refractivity contribution in [3.8, 4) is 11.8 Å². The molecule has 0 saturated carbocycles. The van der Waals surface area contributed by atoms with E-state index in [1.165, 1.54) is 6.20 Å². The molecule has 7 heteroatoms. The third-order valence-corrected chi connectivity index (χ3v) is 4.06. The van der Waals surface area contributed by atoms with Gasteiger partial charge in [0, 0.05) is 5.56 Å². The number of rotatable bonds is 3. The number of hydrogen-bond acceptors (Lipinski definition) is 4. The Balaban J connectivity index is 2.34. The normalized spacial score (nSPS) is 10.8. The second-order valence-corrected chi connectivity index (χ2v) is 6.12. The van der Waals surface area contributed by atoms with E-state index in [2.05, 4.69) is 26.5 Å². The number of imidazole rings is 1. The highest BCUT2D eigenvalue weighted by Gasteiger charge is 2.17. The van der Waals surface area contributed by atoms with Gasteiger partial charge in [0.2, 0.25) is 0 Å². The number of sulfonamides is 1. The highest BCUT2D eigenvalue weighted by molar-refractivity contribution is 7.92. The fraction of sp³-hybridized carbons (Fsp3) is 0.214. The molecule has 0 bridgehead atoms. The van der Waals surface area contributed by atoms with E-state index < -0.39 is 10.0 Å². The van der Waals surface area contributed by atoms with E-state index in [0.717, 1.165) is 5.56 Å². The van der Waals surface area contributed by atoms with Crippen LogP contribution in [-0.4, -0.2) is 24.9 Å². The number of H-pyrrole nitrogens is 1. The summed E-state index contributed by atoms with van der Waals surface area (Å²) in [5.74, 6) is 6.14. The van der Waals surface area contributed by atoms with Crippen LogP contribution in [0.1, 0.15) is 17.0 Å². The molecule has 21 heavy (non-hydrogen) atoms. The Morgan fingerprint density at radius 2 is 2.14 bits per heavy atom. The number of benzene rings is 1. The number of nitrogens with two attached hydrogens (primary N) is 1. The molecule has 0 fully saturated rings. The van der Waals surface area contributed by atoms with Crippen molar-refractivity contribution < 1.29 is 8.42 Å². The molecule has 6 nitrogen and oxygen atoms in total. The standard InChI is InChI=1S/C14H16N4O2S/c1-10-5-6-12(4-3-7-15)8-13(10)18-21(19,20)14-9-16-11(2)17-14/h5-6,8-9,18H,7,15H2,1-2H3,(H,16,17). The smallest absolute Gasteiger partial charge is 0.278 e. The van der Waals surface area contributed by atoms with Gasteiger partial charge in [-0.1, -0.05) is 17.9 Å². The molecule has 1 heterocycles. The van der Waals surface area contributed by atoms with Gasteiger partial charge >= 0.3 is 0 Å². The second-order valence-electron chi connectivity index (χ2n) is 4.47. The summed E-state index contributed by atoms with van der Waals surface area (Å²) in [7, 11) is -3.69. The molecule has 1 aromatic heterocycles. The van der Waals surface area contributed by atoms with Crippen molar-refractivity contribution in [1.82, 2.24) is 9.97 Å². The van der Waals surface area contributed by atoms with Crippen LogP contribution >= 0.6 is 0 Å². The van der Waals surface area contributed by atoms with Gasteiger partial charge in [0.1, 0.15) is 5.82 Å². The first-order chi connectivity index (χ1) is 9.92. The Bertz CT molecular complexity index is 813. The van der Waals surface area contributed by atoms with Crippen LogP contribution in [0.15, 0.2) is 29.4 Å². The minimum Gasteiger partial charge on any atom is -0.332 e. The van der Waals surface area contributed by atoms with Gasteiger partial charge in [0.05, 0.1) is 18.4 Å². The maximum atomic E-state index is 12.3. The lowest BCUT2D eigenvalue weighted by atomic mass is 10.1. The van der Waals surface area contributed by atoms with Gasteiger partial charge in [0.25, 0.3) is 10.0 Å². The van der Waals surface area contributed by atoms with Crippen molar-refractivity contribution in [2.24, 2.45) is 5.73 Å². The molecule has 1 aromatic carbocycles. The lowest BCUT2D eigenvalue weighted by Crippen LogP contribution is -2.14. The van der Waals surface area contributed by atoms with Gasteiger partial charge in [-0.2, -0.15) is 8.42 Å². The van der Waals surface area contributed by atoms with Crippen LogP contribution in [-0.2, 0) is 10.0 Å². The molecule has 0 aliphatic heterocycles. The number of aromatic nitrogens is 2. The van der Waals surface area contributed by atoms with Crippen LogP contribution in [0, 0.1) is 25.7 Å². The lowest BCUT2D eigenvalue weighted by Gasteiger charge is -2.09. The summed E-state index contributed by atoms with van der Waals surface area (Å²) in [6.45, 7) is 3.76. The molecule has 0 saturated heterocycles. The van der Waals surface area contributed by atoms with Gasteiger partial charge in [-0.3, -0.25) is 4.72 Å². The Kier molecular flexibility index (Phi) is 4.31. The second kappa shape index (κ2) is 5.99. The van der Waals surface area contributed by atoms with Crippen molar-refractivity contribution in [3.05, 3.63) is 41.3 Å². The Labute approximate surface area is 123 Å². The van der Waals surface area contributed by atoms with Gasteiger partial charge < -0.3 is 10.7 Å². The summed E-state index contributed by atoms with van der Waals surface area (Å²) in [6.07, 6.45) is 1.28. The monoisotopic (exact) mass is 304 g/mol. The summed E-state index contributed by atoms with van der Waals surface area (Å²) in [4.78, 5) is 6.59. The van der Waals surface area contributed by atoms with Gasteiger partial charge in [0.15, 0.2) is 5.03 Å². The van der Waals surface area contributed by atoms with Crippen molar-refractivity contribution >= 4 is 15.7 Å². The number of aromatic amines is 1. The highest BCUT2D eigenvalue weighted by Crippen LogP contribution is 2.20. The van der Waals surface area contributed by atoms with Crippen LogP contribution < -0.4 is 10.5 Å². The number of nitrogens with one attached hydrogen (secondary N) is 2. The molecule has 110 valence electrons. The minimum atomic E-state index is -3.69. The fourth-order valence-corrected chi connectivity index (χ4v) is 2.79. The van der Waals surface area contributed by atoms with Gasteiger partial charge in [-0.15, -0.1) is 0 Å². The third-order valence-electron chi connectivity index (χ3n) is 2.79. The predicted molar refractivity (Wildman–Crippen MR) is 81.2 cm³/mol. The van der Waals surface area contributed by atoms with E-state index in [1.807, 2.05) is 13.0 Å². The Hall–Kier alpha value is -2.30. The zero-order valence-electron chi connectivity index (χ0n) is 11.8. The molecule has 0 amide bonds.